The number of nitrogens with one attached hydrogen (secondary N) is 2. The lowest BCUT2D eigenvalue weighted by atomic mass is 10.0. The van der Waals surface area contributed by atoms with E-state index >= 15 is 0 Å². The molecule has 1 amide bonds. The van der Waals surface area contributed by atoms with E-state index in [-0.39, 0.29) is 5.91 Å². The molecule has 2 aromatic carbocycles. The summed E-state index contributed by atoms with van der Waals surface area (Å²) in [4.78, 5) is 12.0. The second kappa shape index (κ2) is 7.82. The van der Waals surface area contributed by atoms with Crippen LogP contribution in [0.5, 0.6) is 0 Å². The molecule has 0 aliphatic rings. The van der Waals surface area contributed by atoms with E-state index in [4.69, 9.17) is 0 Å². The first-order valence-corrected chi connectivity index (χ1v) is 8.17. The molecule has 2 aromatic rings. The zero-order valence-corrected chi connectivity index (χ0v) is 14.4. The maximum atomic E-state index is 12.0. The molecule has 0 aromatic heterocycles. The van der Waals surface area contributed by atoms with Crippen molar-refractivity contribution in [3.05, 3.63) is 59.2 Å². The highest BCUT2D eigenvalue weighted by molar-refractivity contribution is 5.91. The Morgan fingerprint density at radius 1 is 1.00 bits per heavy atom. The minimum atomic E-state index is 0.0287. The van der Waals surface area contributed by atoms with Crippen molar-refractivity contribution in [2.24, 2.45) is 0 Å². The van der Waals surface area contributed by atoms with Crippen molar-refractivity contribution >= 4 is 17.3 Å². The maximum absolute atomic E-state index is 12.0. The minimum Gasteiger partial charge on any atom is -0.384 e. The molecule has 23 heavy (non-hydrogen) atoms. The van der Waals surface area contributed by atoms with E-state index in [1.165, 1.54) is 16.7 Å². The minimum absolute atomic E-state index is 0.0287. The molecule has 122 valence electrons. The van der Waals surface area contributed by atoms with Gasteiger partial charge in [-0.3, -0.25) is 4.79 Å². The van der Waals surface area contributed by atoms with E-state index in [1.54, 1.807) is 0 Å². The molecule has 0 heterocycles. The fourth-order valence-corrected chi connectivity index (χ4v) is 2.57. The summed E-state index contributed by atoms with van der Waals surface area (Å²) in [6, 6.07) is 14.3. The van der Waals surface area contributed by atoms with Gasteiger partial charge >= 0.3 is 0 Å². The standard InChI is InChI=1S/C20H26N2O/c1-14(2)17-8-10-18(11-9-17)22-19(23)12-13-21-20-15(3)6-5-7-16(20)4/h5-11,14,21H,12-13H2,1-4H3,(H,22,23). The SMILES string of the molecule is Cc1cccc(C)c1NCCC(=O)Nc1ccc(C(C)C)cc1. The van der Waals surface area contributed by atoms with Crippen LogP contribution in [0.1, 0.15) is 42.9 Å². The lowest BCUT2D eigenvalue weighted by molar-refractivity contribution is -0.115. The summed E-state index contributed by atoms with van der Waals surface area (Å²) in [5.41, 5.74) is 5.66. The van der Waals surface area contributed by atoms with Crippen molar-refractivity contribution in [1.82, 2.24) is 0 Å². The van der Waals surface area contributed by atoms with Crippen LogP contribution in [-0.2, 0) is 4.79 Å². The molecule has 0 aliphatic heterocycles. The van der Waals surface area contributed by atoms with Crippen LogP contribution in [0, 0.1) is 13.8 Å². The van der Waals surface area contributed by atoms with E-state index in [1.807, 2.05) is 18.2 Å². The van der Waals surface area contributed by atoms with E-state index in [9.17, 15) is 4.79 Å². The Labute approximate surface area is 139 Å². The molecule has 0 bridgehead atoms. The molecule has 2 N–H and O–H groups in total. The number of aryl methyl sites for hydroxylation is 2. The quantitative estimate of drug-likeness (QED) is 0.799. The fourth-order valence-electron chi connectivity index (χ4n) is 2.57. The predicted octanol–water partition coefficient (Wildman–Crippen LogP) is 4.87. The van der Waals surface area contributed by atoms with Gasteiger partial charge in [0.25, 0.3) is 0 Å². The predicted molar refractivity (Wildman–Crippen MR) is 98.2 cm³/mol. The van der Waals surface area contributed by atoms with Gasteiger partial charge in [0.2, 0.25) is 5.91 Å². The number of carbonyl (C=O) groups is 1. The van der Waals surface area contributed by atoms with Gasteiger partial charge in [-0.2, -0.15) is 0 Å². The Morgan fingerprint density at radius 3 is 2.17 bits per heavy atom. The lowest BCUT2D eigenvalue weighted by Crippen LogP contribution is -2.16. The van der Waals surface area contributed by atoms with Crippen LogP contribution in [0.2, 0.25) is 0 Å². The molecule has 0 fully saturated rings. The molecule has 0 aliphatic carbocycles. The van der Waals surface area contributed by atoms with E-state index in [0.717, 1.165) is 11.4 Å². The van der Waals surface area contributed by atoms with E-state index in [0.29, 0.717) is 18.9 Å². The van der Waals surface area contributed by atoms with Crippen molar-refractivity contribution in [3.63, 3.8) is 0 Å². The molecule has 2 rings (SSSR count). The van der Waals surface area contributed by atoms with Gasteiger partial charge in [0.1, 0.15) is 0 Å². The molecule has 0 saturated heterocycles. The van der Waals surface area contributed by atoms with Crippen molar-refractivity contribution < 1.29 is 4.79 Å². The number of rotatable bonds is 6. The van der Waals surface area contributed by atoms with Gasteiger partial charge in [-0.25, -0.2) is 0 Å². The number of carbonyl (C=O) groups excluding carboxylic acids is 1. The first kappa shape index (κ1) is 17.1. The zero-order valence-electron chi connectivity index (χ0n) is 14.4. The molecule has 3 heteroatoms. The van der Waals surface area contributed by atoms with Gasteiger partial charge in [-0.1, -0.05) is 44.2 Å². The number of amides is 1. The smallest absolute Gasteiger partial charge is 0.226 e. The Balaban J connectivity index is 1.83. The lowest BCUT2D eigenvalue weighted by Gasteiger charge is -2.13. The number of benzene rings is 2. The fraction of sp³-hybridized carbons (Fsp3) is 0.350. The average Bonchev–Trinajstić information content (AvgIpc) is 2.51. The summed E-state index contributed by atoms with van der Waals surface area (Å²) in [5.74, 6) is 0.530. The number of para-hydroxylation sites is 1. The molecule has 3 nitrogen and oxygen atoms in total. The normalized spacial score (nSPS) is 10.7. The Morgan fingerprint density at radius 2 is 1.61 bits per heavy atom. The molecule has 0 spiro atoms. The summed E-state index contributed by atoms with van der Waals surface area (Å²) < 4.78 is 0. The summed E-state index contributed by atoms with van der Waals surface area (Å²) >= 11 is 0. The van der Waals surface area contributed by atoms with Gasteiger partial charge in [-0.05, 0) is 48.6 Å². The van der Waals surface area contributed by atoms with Crippen LogP contribution >= 0.6 is 0 Å². The van der Waals surface area contributed by atoms with Gasteiger partial charge < -0.3 is 10.6 Å². The third-order valence-corrected chi connectivity index (χ3v) is 4.00. The largest absolute Gasteiger partial charge is 0.384 e. The average molecular weight is 310 g/mol. The summed E-state index contributed by atoms with van der Waals surface area (Å²) in [5, 5.41) is 6.31. The monoisotopic (exact) mass is 310 g/mol. The summed E-state index contributed by atoms with van der Waals surface area (Å²) in [6.45, 7) is 9.10. The number of hydrogen-bond acceptors (Lipinski definition) is 2. The van der Waals surface area contributed by atoms with Gasteiger partial charge in [0, 0.05) is 24.3 Å². The van der Waals surface area contributed by atoms with Gasteiger partial charge in [0.05, 0.1) is 0 Å². The molecule has 0 unspecified atom stereocenters. The Kier molecular flexibility index (Phi) is 5.80. The first-order chi connectivity index (χ1) is 11.0. The second-order valence-electron chi connectivity index (χ2n) is 6.27. The van der Waals surface area contributed by atoms with Gasteiger partial charge in [-0.15, -0.1) is 0 Å². The molecule has 0 saturated carbocycles. The third kappa shape index (κ3) is 4.85. The van der Waals surface area contributed by atoms with Crippen LogP contribution in [0.25, 0.3) is 0 Å². The van der Waals surface area contributed by atoms with Crippen molar-refractivity contribution in [1.29, 1.82) is 0 Å². The summed E-state index contributed by atoms with van der Waals surface area (Å²) in [6.07, 6.45) is 0.444. The van der Waals surface area contributed by atoms with Crippen LogP contribution in [0.4, 0.5) is 11.4 Å². The summed E-state index contributed by atoms with van der Waals surface area (Å²) in [7, 11) is 0. The van der Waals surface area contributed by atoms with Crippen molar-refractivity contribution in [3.8, 4) is 0 Å². The van der Waals surface area contributed by atoms with E-state index < -0.39 is 0 Å². The number of anilines is 2. The van der Waals surface area contributed by atoms with Crippen molar-refractivity contribution in [2.75, 3.05) is 17.2 Å². The highest BCUT2D eigenvalue weighted by atomic mass is 16.1. The highest BCUT2D eigenvalue weighted by Gasteiger charge is 2.05. The highest BCUT2D eigenvalue weighted by Crippen LogP contribution is 2.19. The van der Waals surface area contributed by atoms with Crippen LogP contribution in [-0.4, -0.2) is 12.5 Å². The topological polar surface area (TPSA) is 41.1 Å². The molecular formula is C20H26N2O. The maximum Gasteiger partial charge on any atom is 0.226 e. The van der Waals surface area contributed by atoms with Crippen LogP contribution in [0.3, 0.4) is 0 Å². The zero-order chi connectivity index (χ0) is 16.8. The van der Waals surface area contributed by atoms with Crippen LogP contribution in [0.15, 0.2) is 42.5 Å². The molecule has 0 radical (unpaired) electrons. The Bertz CT molecular complexity index is 640. The number of hydrogen-bond donors (Lipinski definition) is 2. The first-order valence-electron chi connectivity index (χ1n) is 8.17. The van der Waals surface area contributed by atoms with E-state index in [2.05, 4.69) is 62.6 Å². The van der Waals surface area contributed by atoms with Gasteiger partial charge in [0.15, 0.2) is 0 Å². The Hall–Kier alpha value is -2.29. The third-order valence-electron chi connectivity index (χ3n) is 4.00. The molecule has 0 atom stereocenters. The van der Waals surface area contributed by atoms with Crippen LogP contribution < -0.4 is 10.6 Å². The molecular weight excluding hydrogens is 284 g/mol. The van der Waals surface area contributed by atoms with Crippen molar-refractivity contribution in [2.45, 2.75) is 40.0 Å². The second-order valence-corrected chi connectivity index (χ2v) is 6.27.